The number of carbonyl (C=O) groups excluding carboxylic acids is 3. The topological polar surface area (TPSA) is 75.7 Å². The van der Waals surface area contributed by atoms with E-state index in [0.29, 0.717) is 30.0 Å². The van der Waals surface area contributed by atoms with E-state index in [0.717, 1.165) is 16.0 Å². The highest BCUT2D eigenvalue weighted by Crippen LogP contribution is 2.31. The molecular weight excluding hydrogens is 376 g/mol. The van der Waals surface area contributed by atoms with E-state index in [1.807, 2.05) is 31.2 Å². The van der Waals surface area contributed by atoms with Gasteiger partial charge in [0.1, 0.15) is 0 Å². The predicted molar refractivity (Wildman–Crippen MR) is 108 cm³/mol. The summed E-state index contributed by atoms with van der Waals surface area (Å²) in [5.41, 5.74) is 3.06. The van der Waals surface area contributed by atoms with Gasteiger partial charge in [0, 0.05) is 30.7 Å². The number of hydrogen-bond acceptors (Lipinski definition) is 5. The second kappa shape index (κ2) is 8.93. The summed E-state index contributed by atoms with van der Waals surface area (Å²) < 4.78 is 5.17. The molecule has 6 nitrogen and oxygen atoms in total. The molecule has 7 heteroatoms. The molecule has 1 heterocycles. The number of hydrogen-bond donors (Lipinski definition) is 1. The molecule has 2 aromatic carbocycles. The van der Waals surface area contributed by atoms with Crippen molar-refractivity contribution in [3.8, 4) is 0 Å². The Hall–Kier alpha value is -2.80. The lowest BCUT2D eigenvalue weighted by Crippen LogP contribution is -2.30. The molecule has 2 aromatic rings. The monoisotopic (exact) mass is 398 g/mol. The fourth-order valence-electron chi connectivity index (χ4n) is 2.72. The number of fused-ring (bicyclic) bond motifs is 1. The Morgan fingerprint density at radius 3 is 2.68 bits per heavy atom. The molecule has 0 bridgehead atoms. The molecule has 1 N–H and O–H groups in total. The van der Waals surface area contributed by atoms with E-state index in [2.05, 4.69) is 5.32 Å². The number of likely N-dealkylation sites (N-methyl/N-ethyl adjacent to an activating group) is 1. The van der Waals surface area contributed by atoms with Gasteiger partial charge in [-0.2, -0.15) is 0 Å². The molecular formula is C21H22N2O4S. The molecule has 146 valence electrons. The molecule has 0 aliphatic carbocycles. The van der Waals surface area contributed by atoms with Crippen LogP contribution in [0, 0.1) is 6.92 Å². The zero-order valence-corrected chi connectivity index (χ0v) is 16.7. The quantitative estimate of drug-likeness (QED) is 0.783. The minimum absolute atomic E-state index is 0.0790. The minimum atomic E-state index is -0.594. The predicted octanol–water partition coefficient (Wildman–Crippen LogP) is 3.24. The first-order valence-electron chi connectivity index (χ1n) is 8.96. The van der Waals surface area contributed by atoms with Gasteiger partial charge < -0.3 is 15.0 Å². The summed E-state index contributed by atoms with van der Waals surface area (Å²) in [6, 6.07) is 12.9. The summed E-state index contributed by atoms with van der Waals surface area (Å²) in [5.74, 6) is -0.259. The lowest BCUT2D eigenvalue weighted by Gasteiger charge is -2.17. The number of benzene rings is 2. The van der Waals surface area contributed by atoms with Crippen LogP contribution in [0.2, 0.25) is 0 Å². The van der Waals surface area contributed by atoms with Crippen molar-refractivity contribution in [2.24, 2.45) is 0 Å². The largest absolute Gasteiger partial charge is 0.452 e. The SMILES string of the molecule is Cc1ccc(CN(C)C(=O)COC(=O)c2ccc3c(c2)NC(=O)CCS3)cc1. The smallest absolute Gasteiger partial charge is 0.338 e. The zero-order chi connectivity index (χ0) is 20.1. The van der Waals surface area contributed by atoms with Gasteiger partial charge in [-0.3, -0.25) is 9.59 Å². The van der Waals surface area contributed by atoms with Crippen molar-refractivity contribution in [1.82, 2.24) is 4.90 Å². The fourth-order valence-corrected chi connectivity index (χ4v) is 3.66. The van der Waals surface area contributed by atoms with E-state index in [9.17, 15) is 14.4 Å². The number of ether oxygens (including phenoxy) is 1. The molecule has 1 aliphatic rings. The molecule has 28 heavy (non-hydrogen) atoms. The van der Waals surface area contributed by atoms with Crippen LogP contribution in [-0.2, 0) is 20.9 Å². The van der Waals surface area contributed by atoms with Crippen LogP contribution < -0.4 is 5.32 Å². The van der Waals surface area contributed by atoms with Crippen LogP contribution in [0.15, 0.2) is 47.4 Å². The molecule has 0 saturated carbocycles. The number of carbonyl (C=O) groups is 3. The Kier molecular flexibility index (Phi) is 6.36. The van der Waals surface area contributed by atoms with Gasteiger partial charge >= 0.3 is 5.97 Å². The van der Waals surface area contributed by atoms with Crippen LogP contribution >= 0.6 is 11.8 Å². The molecule has 0 atom stereocenters. The van der Waals surface area contributed by atoms with Crippen LogP contribution in [0.3, 0.4) is 0 Å². The van der Waals surface area contributed by atoms with Crippen molar-refractivity contribution in [3.63, 3.8) is 0 Å². The second-order valence-electron chi connectivity index (χ2n) is 6.67. The van der Waals surface area contributed by atoms with Crippen molar-refractivity contribution in [2.45, 2.75) is 24.8 Å². The molecule has 0 saturated heterocycles. The third-order valence-corrected chi connectivity index (χ3v) is 5.44. The second-order valence-corrected chi connectivity index (χ2v) is 7.81. The molecule has 0 aromatic heterocycles. The number of esters is 1. The minimum Gasteiger partial charge on any atom is -0.452 e. The maximum Gasteiger partial charge on any atom is 0.338 e. The van der Waals surface area contributed by atoms with E-state index in [-0.39, 0.29) is 18.4 Å². The first-order valence-corrected chi connectivity index (χ1v) is 9.94. The Balaban J connectivity index is 1.56. The Labute approximate surface area is 168 Å². The number of amides is 2. The Morgan fingerprint density at radius 2 is 1.93 bits per heavy atom. The molecule has 0 unspecified atom stereocenters. The summed E-state index contributed by atoms with van der Waals surface area (Å²) >= 11 is 1.56. The maximum atomic E-state index is 12.3. The highest BCUT2D eigenvalue weighted by molar-refractivity contribution is 7.99. The number of rotatable bonds is 5. The number of aryl methyl sites for hydroxylation is 1. The Bertz CT molecular complexity index is 896. The van der Waals surface area contributed by atoms with Crippen LogP contribution in [0.1, 0.15) is 27.9 Å². The van der Waals surface area contributed by atoms with Gasteiger partial charge in [-0.05, 0) is 30.7 Å². The van der Waals surface area contributed by atoms with Gasteiger partial charge in [-0.15, -0.1) is 11.8 Å². The standard InChI is InChI=1S/C21H22N2O4S/c1-14-3-5-15(6-4-14)12-23(2)20(25)13-27-21(26)16-7-8-18-17(11-16)22-19(24)9-10-28-18/h3-8,11H,9-10,12-13H2,1-2H3,(H,22,24). The first-order chi connectivity index (χ1) is 13.4. The molecule has 2 amide bonds. The van der Waals surface area contributed by atoms with E-state index in [1.165, 1.54) is 4.90 Å². The van der Waals surface area contributed by atoms with Gasteiger partial charge in [-0.25, -0.2) is 4.79 Å². The highest BCUT2D eigenvalue weighted by atomic mass is 32.2. The van der Waals surface area contributed by atoms with Gasteiger partial charge in [0.2, 0.25) is 5.91 Å². The molecule has 0 fully saturated rings. The summed E-state index contributed by atoms with van der Waals surface area (Å²) in [4.78, 5) is 38.7. The van der Waals surface area contributed by atoms with Gasteiger partial charge in [-0.1, -0.05) is 29.8 Å². The summed E-state index contributed by atoms with van der Waals surface area (Å²) in [6.07, 6.45) is 0.431. The van der Waals surface area contributed by atoms with Crippen molar-refractivity contribution in [3.05, 3.63) is 59.2 Å². The number of nitrogens with one attached hydrogen (secondary N) is 1. The van der Waals surface area contributed by atoms with Crippen molar-refractivity contribution >= 4 is 35.2 Å². The van der Waals surface area contributed by atoms with E-state index in [1.54, 1.807) is 37.0 Å². The van der Waals surface area contributed by atoms with E-state index >= 15 is 0 Å². The van der Waals surface area contributed by atoms with Crippen LogP contribution in [0.4, 0.5) is 5.69 Å². The molecule has 0 radical (unpaired) electrons. The fraction of sp³-hybridized carbons (Fsp3) is 0.286. The normalized spacial score (nSPS) is 13.1. The molecule has 3 rings (SSSR count). The molecule has 1 aliphatic heterocycles. The van der Waals surface area contributed by atoms with Gasteiger partial charge in [0.15, 0.2) is 6.61 Å². The average Bonchev–Trinajstić information content (AvgIpc) is 2.87. The number of thioether (sulfide) groups is 1. The summed E-state index contributed by atoms with van der Waals surface area (Å²) in [6.45, 7) is 2.11. The van der Waals surface area contributed by atoms with Crippen LogP contribution in [0.5, 0.6) is 0 Å². The summed E-state index contributed by atoms with van der Waals surface area (Å²) in [7, 11) is 1.67. The van der Waals surface area contributed by atoms with Crippen molar-refractivity contribution in [1.29, 1.82) is 0 Å². The number of anilines is 1. The van der Waals surface area contributed by atoms with E-state index in [4.69, 9.17) is 4.74 Å². The molecule has 0 spiro atoms. The van der Waals surface area contributed by atoms with Gasteiger partial charge in [0.25, 0.3) is 5.91 Å². The van der Waals surface area contributed by atoms with Crippen LogP contribution in [0.25, 0.3) is 0 Å². The average molecular weight is 398 g/mol. The number of nitrogens with zero attached hydrogens (tertiary/aromatic N) is 1. The zero-order valence-electron chi connectivity index (χ0n) is 15.9. The summed E-state index contributed by atoms with van der Waals surface area (Å²) in [5, 5.41) is 2.79. The highest BCUT2D eigenvalue weighted by Gasteiger charge is 2.18. The Morgan fingerprint density at radius 1 is 1.18 bits per heavy atom. The third kappa shape index (κ3) is 5.13. The lowest BCUT2D eigenvalue weighted by atomic mass is 10.1. The van der Waals surface area contributed by atoms with Crippen molar-refractivity contribution < 1.29 is 19.1 Å². The van der Waals surface area contributed by atoms with Gasteiger partial charge in [0.05, 0.1) is 11.3 Å². The van der Waals surface area contributed by atoms with Crippen molar-refractivity contribution in [2.75, 3.05) is 24.7 Å². The lowest BCUT2D eigenvalue weighted by molar-refractivity contribution is -0.133. The van der Waals surface area contributed by atoms with E-state index < -0.39 is 5.97 Å². The first kappa shape index (κ1) is 19.9. The maximum absolute atomic E-state index is 12.3. The third-order valence-electron chi connectivity index (χ3n) is 4.37. The van der Waals surface area contributed by atoms with Crippen LogP contribution in [-0.4, -0.2) is 42.1 Å².